The molecule has 0 aromatic carbocycles. The first-order valence-corrected chi connectivity index (χ1v) is 5.60. The third-order valence-electron chi connectivity index (χ3n) is 4.05. The predicted molar refractivity (Wildman–Crippen MR) is 49.6 cm³/mol. The van der Waals surface area contributed by atoms with Crippen LogP contribution in [0.1, 0.15) is 32.1 Å². The number of hydrogen-bond donors (Lipinski definition) is 0. The van der Waals surface area contributed by atoms with Crippen molar-refractivity contribution in [2.24, 2.45) is 11.8 Å². The fourth-order valence-corrected chi connectivity index (χ4v) is 2.81. The normalized spacial score (nSPS) is 42.5. The zero-order valence-electron chi connectivity index (χ0n) is 8.13. The van der Waals surface area contributed by atoms with Crippen LogP contribution in [-0.4, -0.2) is 25.4 Å². The molecule has 2 saturated heterocycles. The summed E-state index contributed by atoms with van der Waals surface area (Å²) in [5, 5.41) is 0. The van der Waals surface area contributed by atoms with E-state index in [2.05, 4.69) is 0 Å². The molecule has 0 aromatic heterocycles. The van der Waals surface area contributed by atoms with Crippen molar-refractivity contribution >= 4 is 0 Å². The van der Waals surface area contributed by atoms with E-state index < -0.39 is 0 Å². The van der Waals surface area contributed by atoms with Crippen LogP contribution in [0.3, 0.4) is 0 Å². The van der Waals surface area contributed by atoms with Crippen molar-refractivity contribution in [3.63, 3.8) is 0 Å². The van der Waals surface area contributed by atoms with E-state index in [4.69, 9.17) is 9.47 Å². The maximum atomic E-state index is 6.11. The number of rotatable bonds is 0. The molecule has 0 N–H and O–H groups in total. The lowest BCUT2D eigenvalue weighted by atomic mass is 9.88. The molecule has 3 fully saturated rings. The van der Waals surface area contributed by atoms with Crippen molar-refractivity contribution in [3.8, 4) is 0 Å². The van der Waals surface area contributed by atoms with Gasteiger partial charge < -0.3 is 9.47 Å². The molecule has 1 saturated carbocycles. The maximum absolute atomic E-state index is 6.11. The lowest BCUT2D eigenvalue weighted by Gasteiger charge is -2.36. The van der Waals surface area contributed by atoms with Gasteiger partial charge in [0.1, 0.15) is 0 Å². The molecule has 2 heteroatoms. The van der Waals surface area contributed by atoms with Gasteiger partial charge in [0, 0.05) is 13.2 Å². The van der Waals surface area contributed by atoms with E-state index in [-0.39, 0.29) is 5.60 Å². The van der Waals surface area contributed by atoms with Crippen LogP contribution in [-0.2, 0) is 9.47 Å². The van der Waals surface area contributed by atoms with Crippen LogP contribution >= 0.6 is 0 Å². The van der Waals surface area contributed by atoms with Gasteiger partial charge in [-0.3, -0.25) is 0 Å². The molecule has 0 amide bonds. The highest BCUT2D eigenvalue weighted by atomic mass is 16.5. The van der Waals surface area contributed by atoms with Gasteiger partial charge in [-0.15, -0.1) is 0 Å². The Hall–Kier alpha value is -0.0800. The van der Waals surface area contributed by atoms with Gasteiger partial charge in [-0.25, -0.2) is 0 Å². The van der Waals surface area contributed by atoms with Crippen LogP contribution in [0.25, 0.3) is 0 Å². The smallest absolute Gasteiger partial charge is 0.0726 e. The topological polar surface area (TPSA) is 18.5 Å². The summed E-state index contributed by atoms with van der Waals surface area (Å²) in [5.74, 6) is 1.93. The first-order chi connectivity index (χ1) is 6.38. The molecule has 0 bridgehead atoms. The average molecular weight is 182 g/mol. The van der Waals surface area contributed by atoms with Gasteiger partial charge in [0.25, 0.3) is 0 Å². The molecule has 0 aromatic rings. The minimum Gasteiger partial charge on any atom is -0.381 e. The molecule has 74 valence electrons. The summed E-state index contributed by atoms with van der Waals surface area (Å²) in [5.41, 5.74) is 0.228. The second kappa shape index (κ2) is 2.96. The van der Waals surface area contributed by atoms with E-state index in [1.165, 1.54) is 19.3 Å². The molecular formula is C11H18O2. The first kappa shape index (κ1) is 8.25. The lowest BCUT2D eigenvalue weighted by molar-refractivity contribution is -0.113. The Balaban J connectivity index is 1.68. The molecule has 2 atom stereocenters. The van der Waals surface area contributed by atoms with Crippen LogP contribution < -0.4 is 0 Å². The van der Waals surface area contributed by atoms with E-state index in [1.54, 1.807) is 0 Å². The van der Waals surface area contributed by atoms with Crippen molar-refractivity contribution in [2.45, 2.75) is 37.7 Å². The molecule has 3 aliphatic rings. The highest BCUT2D eigenvalue weighted by molar-refractivity contribution is 4.94. The zero-order valence-corrected chi connectivity index (χ0v) is 8.13. The summed E-state index contributed by atoms with van der Waals surface area (Å²) in [6.07, 6.45) is 6.40. The Morgan fingerprint density at radius 2 is 1.85 bits per heavy atom. The summed E-state index contributed by atoms with van der Waals surface area (Å²) in [4.78, 5) is 0. The highest BCUT2D eigenvalue weighted by Gasteiger charge is 2.45. The van der Waals surface area contributed by atoms with Gasteiger partial charge in [-0.05, 0) is 43.9 Å². The molecule has 0 unspecified atom stereocenters. The number of fused-ring (bicyclic) bond motifs is 1. The van der Waals surface area contributed by atoms with Gasteiger partial charge in [-0.1, -0.05) is 0 Å². The molecule has 1 spiro atoms. The van der Waals surface area contributed by atoms with Crippen molar-refractivity contribution in [1.82, 2.24) is 0 Å². The van der Waals surface area contributed by atoms with Crippen molar-refractivity contribution in [3.05, 3.63) is 0 Å². The third kappa shape index (κ3) is 1.50. The van der Waals surface area contributed by atoms with Gasteiger partial charge >= 0.3 is 0 Å². The van der Waals surface area contributed by atoms with Crippen LogP contribution in [0.4, 0.5) is 0 Å². The highest BCUT2D eigenvalue weighted by Crippen LogP contribution is 2.48. The zero-order chi connectivity index (χ0) is 8.73. The van der Waals surface area contributed by atoms with Crippen molar-refractivity contribution < 1.29 is 9.47 Å². The molecule has 13 heavy (non-hydrogen) atoms. The predicted octanol–water partition coefficient (Wildman–Crippen LogP) is 1.98. The van der Waals surface area contributed by atoms with Crippen molar-refractivity contribution in [2.75, 3.05) is 19.8 Å². The van der Waals surface area contributed by atoms with Crippen LogP contribution in [0.2, 0.25) is 0 Å². The summed E-state index contributed by atoms with van der Waals surface area (Å²) >= 11 is 0. The van der Waals surface area contributed by atoms with Crippen LogP contribution in [0.15, 0.2) is 0 Å². The number of ether oxygens (including phenoxy) is 2. The Kier molecular flexibility index (Phi) is 1.88. The van der Waals surface area contributed by atoms with E-state index in [9.17, 15) is 0 Å². The van der Waals surface area contributed by atoms with Gasteiger partial charge in [0.2, 0.25) is 0 Å². The lowest BCUT2D eigenvalue weighted by Crippen LogP contribution is -2.39. The summed E-state index contributed by atoms with van der Waals surface area (Å²) < 4.78 is 11.5. The fraction of sp³-hybridized carbons (Fsp3) is 1.00. The Labute approximate surface area is 79.6 Å². The summed E-state index contributed by atoms with van der Waals surface area (Å²) in [6.45, 7) is 2.86. The van der Waals surface area contributed by atoms with Crippen molar-refractivity contribution in [1.29, 1.82) is 0 Å². The Bertz CT molecular complexity index is 182. The largest absolute Gasteiger partial charge is 0.381 e. The van der Waals surface area contributed by atoms with Gasteiger partial charge in [0.05, 0.1) is 12.2 Å². The fourth-order valence-electron chi connectivity index (χ4n) is 2.81. The average Bonchev–Trinajstić information content (AvgIpc) is 2.92. The molecule has 2 heterocycles. The first-order valence-electron chi connectivity index (χ1n) is 5.60. The third-order valence-corrected chi connectivity index (χ3v) is 4.05. The monoisotopic (exact) mass is 182 g/mol. The van der Waals surface area contributed by atoms with E-state index >= 15 is 0 Å². The second-order valence-electron chi connectivity index (χ2n) is 4.90. The molecule has 2 aliphatic heterocycles. The van der Waals surface area contributed by atoms with Crippen LogP contribution in [0.5, 0.6) is 0 Å². The SMILES string of the molecule is C1CC2(CCO1)CC[C@H]1C[C@@H]1CO2. The quantitative estimate of drug-likeness (QED) is 0.570. The summed E-state index contributed by atoms with van der Waals surface area (Å²) in [6, 6.07) is 0. The summed E-state index contributed by atoms with van der Waals surface area (Å²) in [7, 11) is 0. The maximum Gasteiger partial charge on any atom is 0.0726 e. The Morgan fingerprint density at radius 3 is 2.69 bits per heavy atom. The minimum absolute atomic E-state index is 0.228. The second-order valence-corrected chi connectivity index (χ2v) is 4.90. The van der Waals surface area contributed by atoms with E-state index in [1.807, 2.05) is 0 Å². The van der Waals surface area contributed by atoms with E-state index in [0.29, 0.717) is 0 Å². The molecular weight excluding hydrogens is 164 g/mol. The molecule has 1 aliphatic carbocycles. The van der Waals surface area contributed by atoms with Crippen LogP contribution in [0, 0.1) is 11.8 Å². The van der Waals surface area contributed by atoms with Gasteiger partial charge in [-0.2, -0.15) is 0 Å². The minimum atomic E-state index is 0.228. The van der Waals surface area contributed by atoms with E-state index in [0.717, 1.165) is 44.5 Å². The number of hydrogen-bond acceptors (Lipinski definition) is 2. The molecule has 2 nitrogen and oxygen atoms in total. The Morgan fingerprint density at radius 1 is 1.00 bits per heavy atom. The standard InChI is InChI=1S/C11H18O2/c1-2-11(3-5-12-6-4-11)13-8-10-7-9(1)10/h9-10H,1-8H2/t9-,10+/m0/s1. The molecule has 0 radical (unpaired) electrons. The van der Waals surface area contributed by atoms with Gasteiger partial charge in [0.15, 0.2) is 0 Å². The molecule has 3 rings (SSSR count).